The first-order valence-electron chi connectivity index (χ1n) is 6.85. The average Bonchev–Trinajstić information content (AvgIpc) is 2.40. The molecule has 0 fully saturated rings. The normalized spacial score (nSPS) is 13.2. The third-order valence-electron chi connectivity index (χ3n) is 2.91. The van der Waals surface area contributed by atoms with Crippen LogP contribution in [0.1, 0.15) is 40.0 Å². The van der Waals surface area contributed by atoms with E-state index in [1.807, 2.05) is 6.92 Å². The van der Waals surface area contributed by atoms with Gasteiger partial charge >= 0.3 is 18.0 Å². The van der Waals surface area contributed by atoms with Gasteiger partial charge in [-0.05, 0) is 19.3 Å². The first kappa shape index (κ1) is 18.2. The van der Waals surface area contributed by atoms with Gasteiger partial charge in [-0.2, -0.15) is 0 Å². The van der Waals surface area contributed by atoms with Crippen LogP contribution in [0.25, 0.3) is 0 Å². The van der Waals surface area contributed by atoms with Crippen molar-refractivity contribution in [1.82, 2.24) is 10.6 Å². The van der Waals surface area contributed by atoms with Gasteiger partial charge in [0.05, 0.1) is 6.61 Å². The Balaban J connectivity index is 3.97. The zero-order chi connectivity index (χ0) is 15.5. The minimum absolute atomic E-state index is 0.155. The second kappa shape index (κ2) is 10.1. The second-order valence-electron chi connectivity index (χ2n) is 4.51. The van der Waals surface area contributed by atoms with E-state index < -0.39 is 18.0 Å². The molecule has 7 nitrogen and oxygen atoms in total. The topological polar surface area (TPSA) is 105 Å². The molecular formula is C13H24N2O5. The largest absolute Gasteiger partial charge is 0.480 e. The van der Waals surface area contributed by atoms with E-state index >= 15 is 0 Å². The van der Waals surface area contributed by atoms with Crippen LogP contribution in [0, 0.1) is 5.92 Å². The molecule has 0 saturated heterocycles. The molecule has 0 aliphatic heterocycles. The first-order chi connectivity index (χ1) is 9.42. The van der Waals surface area contributed by atoms with Crippen LogP contribution in [0.15, 0.2) is 0 Å². The van der Waals surface area contributed by atoms with Crippen LogP contribution in [0.2, 0.25) is 0 Å². The Morgan fingerprint density at radius 2 is 1.90 bits per heavy atom. The lowest BCUT2D eigenvalue weighted by Crippen LogP contribution is -2.49. The molecule has 0 aromatic heterocycles. The fraction of sp³-hybridized carbons (Fsp3) is 0.769. The van der Waals surface area contributed by atoms with Gasteiger partial charge in [-0.1, -0.05) is 20.3 Å². The highest BCUT2D eigenvalue weighted by atomic mass is 16.5. The van der Waals surface area contributed by atoms with Gasteiger partial charge in [-0.15, -0.1) is 0 Å². The number of nitrogens with one attached hydrogen (secondary N) is 2. The molecule has 116 valence electrons. The van der Waals surface area contributed by atoms with E-state index in [1.165, 1.54) is 0 Å². The molecule has 1 unspecified atom stereocenters. The molecular weight excluding hydrogens is 264 g/mol. The van der Waals surface area contributed by atoms with E-state index in [2.05, 4.69) is 10.6 Å². The summed E-state index contributed by atoms with van der Waals surface area (Å²) in [5.41, 5.74) is 0. The molecule has 0 aliphatic carbocycles. The van der Waals surface area contributed by atoms with Crippen molar-refractivity contribution < 1.29 is 24.2 Å². The quantitative estimate of drug-likeness (QED) is 0.436. The maximum atomic E-state index is 11.5. The second-order valence-corrected chi connectivity index (χ2v) is 4.51. The van der Waals surface area contributed by atoms with Crippen LogP contribution >= 0.6 is 0 Å². The molecule has 0 aliphatic rings. The molecule has 0 bridgehead atoms. The van der Waals surface area contributed by atoms with Crippen molar-refractivity contribution in [3.63, 3.8) is 0 Å². The van der Waals surface area contributed by atoms with Gasteiger partial charge in [0.15, 0.2) is 0 Å². The maximum absolute atomic E-state index is 11.5. The predicted molar refractivity (Wildman–Crippen MR) is 73.3 cm³/mol. The summed E-state index contributed by atoms with van der Waals surface area (Å²) < 4.78 is 4.75. The van der Waals surface area contributed by atoms with Crippen molar-refractivity contribution in [3.8, 4) is 0 Å². The van der Waals surface area contributed by atoms with Gasteiger partial charge < -0.3 is 20.5 Å². The van der Waals surface area contributed by atoms with Gasteiger partial charge in [0.2, 0.25) is 0 Å². The van der Waals surface area contributed by atoms with Crippen LogP contribution in [-0.4, -0.2) is 42.3 Å². The lowest BCUT2D eigenvalue weighted by Gasteiger charge is -2.20. The summed E-state index contributed by atoms with van der Waals surface area (Å²) >= 11 is 0. The summed E-state index contributed by atoms with van der Waals surface area (Å²) in [5.74, 6) is -1.52. The molecule has 7 heteroatoms. The zero-order valence-electron chi connectivity index (χ0n) is 12.3. The maximum Gasteiger partial charge on any atom is 0.326 e. The number of carboxylic acid groups (broad SMARTS) is 1. The average molecular weight is 288 g/mol. The number of aliphatic carboxylic acids is 1. The van der Waals surface area contributed by atoms with Crippen molar-refractivity contribution >= 4 is 18.0 Å². The first-order valence-corrected chi connectivity index (χ1v) is 6.85. The van der Waals surface area contributed by atoms with Crippen molar-refractivity contribution in [1.29, 1.82) is 0 Å². The summed E-state index contributed by atoms with van der Waals surface area (Å²) in [4.78, 5) is 33.6. The smallest absolute Gasteiger partial charge is 0.326 e. The lowest BCUT2D eigenvalue weighted by molar-refractivity contribution is -0.143. The lowest BCUT2D eigenvalue weighted by atomic mass is 9.99. The minimum atomic E-state index is -1.05. The van der Waals surface area contributed by atoms with E-state index in [0.717, 1.165) is 0 Å². The Bertz CT molecular complexity index is 333. The highest BCUT2D eigenvalue weighted by molar-refractivity contribution is 5.82. The van der Waals surface area contributed by atoms with Crippen LogP contribution < -0.4 is 10.6 Å². The monoisotopic (exact) mass is 288 g/mol. The van der Waals surface area contributed by atoms with Crippen LogP contribution in [0.4, 0.5) is 4.79 Å². The number of esters is 1. The zero-order valence-corrected chi connectivity index (χ0v) is 12.3. The van der Waals surface area contributed by atoms with Crippen LogP contribution in [-0.2, 0) is 14.3 Å². The number of hydrogen-bond acceptors (Lipinski definition) is 4. The number of hydrogen-bond donors (Lipinski definition) is 3. The number of carbonyl (C=O) groups is 3. The van der Waals surface area contributed by atoms with Crippen molar-refractivity contribution in [3.05, 3.63) is 0 Å². The number of urea groups is 1. The Hall–Kier alpha value is -1.79. The summed E-state index contributed by atoms with van der Waals surface area (Å²) in [6, 6.07) is -1.45. The van der Waals surface area contributed by atoms with Crippen molar-refractivity contribution in [2.24, 2.45) is 5.92 Å². The highest BCUT2D eigenvalue weighted by Crippen LogP contribution is 2.07. The Morgan fingerprint density at radius 3 is 2.40 bits per heavy atom. The summed E-state index contributed by atoms with van der Waals surface area (Å²) in [6.45, 7) is 5.98. The van der Waals surface area contributed by atoms with Gasteiger partial charge in [-0.3, -0.25) is 4.79 Å². The minimum Gasteiger partial charge on any atom is -0.480 e. The number of amides is 2. The van der Waals surface area contributed by atoms with E-state index in [1.54, 1.807) is 13.8 Å². The molecule has 0 aromatic rings. The number of carbonyl (C=O) groups excluding carboxylic acids is 2. The Kier molecular flexibility index (Phi) is 9.15. The van der Waals surface area contributed by atoms with Crippen LogP contribution in [0.5, 0.6) is 0 Å². The summed E-state index contributed by atoms with van der Waals surface area (Å²) in [7, 11) is 0. The molecule has 3 N–H and O–H groups in total. The van der Waals surface area contributed by atoms with Crippen LogP contribution in [0.3, 0.4) is 0 Å². The molecule has 0 saturated carbocycles. The predicted octanol–water partition coefficient (Wildman–Crippen LogP) is 1.13. The molecule has 0 rings (SSSR count). The number of carboxylic acids is 1. The third-order valence-corrected chi connectivity index (χ3v) is 2.91. The van der Waals surface area contributed by atoms with Gasteiger partial charge in [0.25, 0.3) is 0 Å². The van der Waals surface area contributed by atoms with E-state index in [-0.39, 0.29) is 24.9 Å². The molecule has 2 atom stereocenters. The van der Waals surface area contributed by atoms with Crippen molar-refractivity contribution in [2.45, 2.75) is 46.1 Å². The number of rotatable bonds is 9. The Morgan fingerprint density at radius 1 is 1.25 bits per heavy atom. The summed E-state index contributed by atoms with van der Waals surface area (Å²) in [6.07, 6.45) is 1.33. The molecule has 0 aromatic carbocycles. The van der Waals surface area contributed by atoms with E-state index in [9.17, 15) is 14.4 Å². The SMILES string of the molecule is CCOC(=O)CCCNC(=O)N[C@H](C(=O)O)C(C)CC. The third kappa shape index (κ3) is 7.60. The van der Waals surface area contributed by atoms with Gasteiger partial charge in [-0.25, -0.2) is 9.59 Å². The highest BCUT2D eigenvalue weighted by Gasteiger charge is 2.24. The fourth-order valence-corrected chi connectivity index (χ4v) is 1.54. The molecule has 0 heterocycles. The fourth-order valence-electron chi connectivity index (χ4n) is 1.54. The molecule has 20 heavy (non-hydrogen) atoms. The standard InChI is InChI=1S/C13H24N2O5/c1-4-9(3)11(12(17)18)15-13(19)14-8-6-7-10(16)20-5-2/h9,11H,4-8H2,1-3H3,(H,17,18)(H2,14,15,19)/t9?,11-/m0/s1. The Labute approximate surface area is 119 Å². The summed E-state index contributed by atoms with van der Waals surface area (Å²) in [5, 5.41) is 14.0. The van der Waals surface area contributed by atoms with E-state index in [4.69, 9.17) is 9.84 Å². The number of ether oxygens (including phenoxy) is 1. The molecule has 0 radical (unpaired) electrons. The van der Waals surface area contributed by atoms with Gasteiger partial charge in [0, 0.05) is 13.0 Å². The van der Waals surface area contributed by atoms with Gasteiger partial charge in [0.1, 0.15) is 6.04 Å². The molecule has 0 spiro atoms. The van der Waals surface area contributed by atoms with E-state index in [0.29, 0.717) is 19.4 Å². The molecule has 2 amide bonds. The van der Waals surface area contributed by atoms with Crippen molar-refractivity contribution in [2.75, 3.05) is 13.2 Å².